The molecule has 4 N–H and O–H groups in total. The zero-order valence-corrected chi connectivity index (χ0v) is 22.0. The molecule has 3 rings (SSSR count). The maximum atomic E-state index is 11.7. The average molecular weight is 481 g/mol. The van der Waals surface area contributed by atoms with Crippen molar-refractivity contribution in [3.8, 4) is 0 Å². The minimum absolute atomic E-state index is 0.0606. The zero-order valence-electron chi connectivity index (χ0n) is 22.0. The van der Waals surface area contributed by atoms with E-state index in [2.05, 4.69) is 31.2 Å². The van der Waals surface area contributed by atoms with Crippen LogP contribution < -0.4 is 11.5 Å². The van der Waals surface area contributed by atoms with Gasteiger partial charge in [-0.15, -0.1) is 0 Å². The van der Waals surface area contributed by atoms with E-state index in [1.54, 1.807) is 0 Å². The Kier molecular flexibility index (Phi) is 12.1. The molecule has 1 aliphatic carbocycles. The molecule has 0 amide bonds. The van der Waals surface area contributed by atoms with E-state index in [1.807, 2.05) is 0 Å². The summed E-state index contributed by atoms with van der Waals surface area (Å²) < 4.78 is 0. The van der Waals surface area contributed by atoms with Crippen LogP contribution in [0.5, 0.6) is 0 Å². The smallest absolute Gasteiger partial charge is 0.120 e. The monoisotopic (exact) mass is 480 g/mol. The predicted molar refractivity (Wildman–Crippen MR) is 148 cm³/mol. The van der Waals surface area contributed by atoms with E-state index in [0.717, 1.165) is 62.8 Å². The molecule has 4 atom stereocenters. The number of hydrogen-bond acceptors (Lipinski definition) is 5. The van der Waals surface area contributed by atoms with Gasteiger partial charge in [-0.25, -0.2) is 0 Å². The van der Waals surface area contributed by atoms with Crippen LogP contribution in [0.2, 0.25) is 0 Å². The molecule has 5 heteroatoms. The molecule has 0 spiro atoms. The molecule has 4 unspecified atom stereocenters. The fourth-order valence-corrected chi connectivity index (χ4v) is 6.05. The topological polar surface area (TPSA) is 93.8 Å². The first-order valence-corrected chi connectivity index (χ1v) is 14.3. The predicted octanol–water partition coefficient (Wildman–Crippen LogP) is 6.22. The van der Waals surface area contributed by atoms with E-state index in [1.165, 1.54) is 62.5 Å². The average Bonchev–Trinajstić information content (AvgIpc) is 2.86. The van der Waals surface area contributed by atoms with Crippen molar-refractivity contribution in [1.82, 2.24) is 0 Å². The van der Waals surface area contributed by atoms with Crippen LogP contribution in [0, 0.1) is 17.8 Å². The van der Waals surface area contributed by atoms with Crippen LogP contribution in [-0.4, -0.2) is 30.3 Å². The fraction of sp³-hybridized carbons (Fsp3) is 0.700. The van der Waals surface area contributed by atoms with E-state index < -0.39 is 0 Å². The molecule has 2 aliphatic rings. The second kappa shape index (κ2) is 15.3. The molecule has 1 aromatic carbocycles. The quantitative estimate of drug-likeness (QED) is 0.245. The van der Waals surface area contributed by atoms with Crippen LogP contribution in [0.3, 0.4) is 0 Å². The minimum Gasteiger partial charge on any atom is -0.330 e. The number of carbonyl (C=O) groups is 1. The van der Waals surface area contributed by atoms with Crippen molar-refractivity contribution in [2.75, 3.05) is 6.54 Å². The molecule has 0 radical (unpaired) electrons. The van der Waals surface area contributed by atoms with Crippen LogP contribution in [0.25, 0.3) is 0 Å². The van der Waals surface area contributed by atoms with E-state index in [4.69, 9.17) is 21.7 Å². The maximum Gasteiger partial charge on any atom is 0.120 e. The van der Waals surface area contributed by atoms with Gasteiger partial charge in [-0.2, -0.15) is 10.2 Å². The summed E-state index contributed by atoms with van der Waals surface area (Å²) in [5.41, 5.74) is 17.1. The van der Waals surface area contributed by atoms with E-state index >= 15 is 0 Å². The Hall–Kier alpha value is -1.85. The van der Waals surface area contributed by atoms with Gasteiger partial charge in [0.05, 0.1) is 11.4 Å². The highest BCUT2D eigenvalue weighted by molar-refractivity contribution is 6.08. The standard InChI is InChI=1S/C30H48N4O/c1-2-3-7-15-27(32)30-28-24(20-22-35)13-9-6-10-14-26(28)29(33-34-30)25-18-16-23(17-19-25)12-8-4-5-11-21-31/h16-19,22,24,26-28H,2-15,20-21,31-32H2,1H3. The lowest BCUT2D eigenvalue weighted by molar-refractivity contribution is -0.109. The molecule has 1 heterocycles. The minimum atomic E-state index is -0.0606. The molecular formula is C30H48N4O. The summed E-state index contributed by atoms with van der Waals surface area (Å²) in [6, 6.07) is 8.93. The summed E-state index contributed by atoms with van der Waals surface area (Å²) in [7, 11) is 0. The van der Waals surface area contributed by atoms with E-state index in [0.29, 0.717) is 18.3 Å². The van der Waals surface area contributed by atoms with Crippen LogP contribution in [0.4, 0.5) is 0 Å². The summed E-state index contributed by atoms with van der Waals surface area (Å²) in [5, 5.41) is 9.64. The Morgan fingerprint density at radius 1 is 0.971 bits per heavy atom. The van der Waals surface area contributed by atoms with Crippen LogP contribution in [0.1, 0.15) is 108 Å². The van der Waals surface area contributed by atoms with Gasteiger partial charge in [0.1, 0.15) is 6.29 Å². The number of fused-ring (bicyclic) bond motifs is 1. The highest BCUT2D eigenvalue weighted by Crippen LogP contribution is 2.40. The van der Waals surface area contributed by atoms with Crippen LogP contribution in [-0.2, 0) is 11.2 Å². The van der Waals surface area contributed by atoms with Crippen molar-refractivity contribution in [2.24, 2.45) is 39.4 Å². The Morgan fingerprint density at radius 3 is 2.49 bits per heavy atom. The Balaban J connectivity index is 1.82. The third-order valence-corrected chi connectivity index (χ3v) is 8.06. The van der Waals surface area contributed by atoms with Crippen molar-refractivity contribution in [1.29, 1.82) is 0 Å². The lowest BCUT2D eigenvalue weighted by Crippen LogP contribution is -2.46. The Labute approximate surface area is 213 Å². The van der Waals surface area contributed by atoms with Gasteiger partial charge in [0.15, 0.2) is 0 Å². The third-order valence-electron chi connectivity index (χ3n) is 8.06. The van der Waals surface area contributed by atoms with Gasteiger partial charge in [0.25, 0.3) is 0 Å². The Morgan fingerprint density at radius 2 is 1.74 bits per heavy atom. The number of aldehydes is 1. The molecule has 35 heavy (non-hydrogen) atoms. The zero-order chi connectivity index (χ0) is 24.9. The summed E-state index contributed by atoms with van der Waals surface area (Å²) in [6.07, 6.45) is 17.9. The molecule has 1 saturated carbocycles. The van der Waals surface area contributed by atoms with Gasteiger partial charge in [0.2, 0.25) is 0 Å². The molecule has 0 bridgehead atoms. The molecule has 0 saturated heterocycles. The molecule has 194 valence electrons. The van der Waals surface area contributed by atoms with E-state index in [9.17, 15) is 4.79 Å². The largest absolute Gasteiger partial charge is 0.330 e. The summed E-state index contributed by atoms with van der Waals surface area (Å²) >= 11 is 0. The molecule has 0 aromatic heterocycles. The van der Waals surface area contributed by atoms with Gasteiger partial charge < -0.3 is 16.3 Å². The normalized spacial score (nSPS) is 23.5. The van der Waals surface area contributed by atoms with E-state index in [-0.39, 0.29) is 12.0 Å². The van der Waals surface area contributed by atoms with Crippen molar-refractivity contribution < 1.29 is 4.79 Å². The lowest BCUT2D eigenvalue weighted by atomic mass is 9.67. The van der Waals surface area contributed by atoms with Crippen LogP contribution >= 0.6 is 0 Å². The summed E-state index contributed by atoms with van der Waals surface area (Å²) in [5.74, 6) is 0.839. The highest BCUT2D eigenvalue weighted by Gasteiger charge is 2.41. The van der Waals surface area contributed by atoms with Crippen molar-refractivity contribution in [2.45, 2.75) is 109 Å². The molecule has 1 aromatic rings. The molecule has 1 aliphatic heterocycles. The van der Waals surface area contributed by atoms with Gasteiger partial charge >= 0.3 is 0 Å². The number of carbonyl (C=O) groups excluding carboxylic acids is 1. The number of aryl methyl sites for hydroxylation is 1. The fourth-order valence-electron chi connectivity index (χ4n) is 6.05. The second-order valence-electron chi connectivity index (χ2n) is 10.7. The Bertz CT molecular complexity index is 816. The van der Waals surface area contributed by atoms with Gasteiger partial charge in [0, 0.05) is 24.3 Å². The SMILES string of the molecule is CCCCCC(N)C1=NN=C(c2ccc(CCCCCCN)cc2)C2CCCCCC(CC=O)C12. The van der Waals surface area contributed by atoms with Gasteiger partial charge in [-0.3, -0.25) is 0 Å². The van der Waals surface area contributed by atoms with Gasteiger partial charge in [-0.05, 0) is 62.1 Å². The molecule has 5 nitrogen and oxygen atoms in total. The number of nitrogens with zero attached hydrogens (tertiary/aromatic N) is 2. The number of unbranched alkanes of at least 4 members (excludes halogenated alkanes) is 5. The maximum absolute atomic E-state index is 11.7. The van der Waals surface area contributed by atoms with Crippen molar-refractivity contribution in [3.63, 3.8) is 0 Å². The highest BCUT2D eigenvalue weighted by atomic mass is 16.1. The first kappa shape index (κ1) is 27.7. The van der Waals surface area contributed by atoms with Crippen molar-refractivity contribution >= 4 is 17.7 Å². The lowest BCUT2D eigenvalue weighted by Gasteiger charge is -2.40. The summed E-state index contributed by atoms with van der Waals surface area (Å²) in [4.78, 5) is 11.7. The van der Waals surface area contributed by atoms with Crippen molar-refractivity contribution in [3.05, 3.63) is 35.4 Å². The van der Waals surface area contributed by atoms with Crippen LogP contribution in [0.15, 0.2) is 34.5 Å². The number of rotatable bonds is 14. The first-order valence-electron chi connectivity index (χ1n) is 14.3. The third kappa shape index (κ3) is 8.08. The summed E-state index contributed by atoms with van der Waals surface area (Å²) in [6.45, 7) is 3.01. The first-order chi connectivity index (χ1) is 17.2. The van der Waals surface area contributed by atoms with Gasteiger partial charge in [-0.1, -0.05) is 82.6 Å². The molecular weight excluding hydrogens is 432 g/mol. The number of hydrogen-bond donors (Lipinski definition) is 2. The second-order valence-corrected chi connectivity index (χ2v) is 10.7. The number of benzene rings is 1. The molecule has 1 fully saturated rings. The number of nitrogens with two attached hydrogens (primary N) is 2.